The van der Waals surface area contributed by atoms with Crippen LogP contribution in [0.4, 0.5) is 19.0 Å². The zero-order valence-corrected chi connectivity index (χ0v) is 17.2. The number of halogens is 5. The van der Waals surface area contributed by atoms with E-state index < -0.39 is 33.3 Å². The lowest BCUT2D eigenvalue weighted by molar-refractivity contribution is -0.143. The molecule has 29 heavy (non-hydrogen) atoms. The van der Waals surface area contributed by atoms with Crippen molar-refractivity contribution >= 4 is 39.0 Å². The standard InChI is InChI=1S/C18H14Cl2F3N3O2S/c1-2-26-16(18(21,22)23)15(13-9-8-11(19)10-14(13)20)17(24-26)25-29(27,28)12-6-4-3-5-7-12/h3-10H,2H2,1H3,(H,24,25). The molecule has 5 nitrogen and oxygen atoms in total. The van der Waals surface area contributed by atoms with Gasteiger partial charge in [0.15, 0.2) is 11.5 Å². The zero-order valence-electron chi connectivity index (χ0n) is 14.8. The van der Waals surface area contributed by atoms with Crippen LogP contribution in [-0.4, -0.2) is 18.2 Å². The molecule has 0 bridgehead atoms. The third-order valence-corrected chi connectivity index (χ3v) is 5.91. The average molecular weight is 464 g/mol. The smallest absolute Gasteiger partial charge is 0.261 e. The molecule has 0 spiro atoms. The van der Waals surface area contributed by atoms with Gasteiger partial charge < -0.3 is 0 Å². The minimum Gasteiger partial charge on any atom is -0.261 e. The molecular weight excluding hydrogens is 450 g/mol. The molecule has 3 rings (SSSR count). The molecule has 0 saturated heterocycles. The Kier molecular flexibility index (Phi) is 5.84. The van der Waals surface area contributed by atoms with Crippen LogP contribution < -0.4 is 4.72 Å². The number of hydrogen-bond donors (Lipinski definition) is 1. The second kappa shape index (κ2) is 7.89. The summed E-state index contributed by atoms with van der Waals surface area (Å²) >= 11 is 12.0. The first-order valence-electron chi connectivity index (χ1n) is 8.26. The Morgan fingerprint density at radius 3 is 2.31 bits per heavy atom. The summed E-state index contributed by atoms with van der Waals surface area (Å²) in [6.07, 6.45) is -4.81. The van der Waals surface area contributed by atoms with Crippen LogP contribution in [0.1, 0.15) is 12.6 Å². The van der Waals surface area contributed by atoms with Crippen LogP contribution in [0, 0.1) is 0 Å². The van der Waals surface area contributed by atoms with E-state index in [9.17, 15) is 21.6 Å². The van der Waals surface area contributed by atoms with Crippen LogP contribution in [0.15, 0.2) is 53.4 Å². The second-order valence-electron chi connectivity index (χ2n) is 5.93. The lowest BCUT2D eigenvalue weighted by Gasteiger charge is -2.13. The lowest BCUT2D eigenvalue weighted by atomic mass is 10.0. The summed E-state index contributed by atoms with van der Waals surface area (Å²) in [5, 5.41) is 4.01. The predicted octanol–water partition coefficient (Wildman–Crippen LogP) is 5.70. The van der Waals surface area contributed by atoms with Crippen molar-refractivity contribution < 1.29 is 21.6 Å². The van der Waals surface area contributed by atoms with Crippen LogP contribution in [0.3, 0.4) is 0 Å². The highest BCUT2D eigenvalue weighted by atomic mass is 35.5. The van der Waals surface area contributed by atoms with E-state index in [4.69, 9.17) is 23.2 Å². The average Bonchev–Trinajstić information content (AvgIpc) is 3.00. The van der Waals surface area contributed by atoms with Gasteiger partial charge in [-0.3, -0.25) is 9.40 Å². The van der Waals surface area contributed by atoms with Crippen LogP contribution in [0.2, 0.25) is 10.0 Å². The fourth-order valence-corrected chi connectivity index (χ4v) is 4.32. The number of nitrogens with zero attached hydrogens (tertiary/aromatic N) is 2. The van der Waals surface area contributed by atoms with Gasteiger partial charge in [-0.15, -0.1) is 0 Å². The van der Waals surface area contributed by atoms with Gasteiger partial charge in [0.25, 0.3) is 10.0 Å². The lowest BCUT2D eigenvalue weighted by Crippen LogP contribution is -2.15. The number of rotatable bonds is 5. The van der Waals surface area contributed by atoms with Gasteiger partial charge in [0, 0.05) is 17.1 Å². The van der Waals surface area contributed by atoms with Gasteiger partial charge in [-0.25, -0.2) is 8.42 Å². The van der Waals surface area contributed by atoms with Crippen molar-refractivity contribution in [1.82, 2.24) is 9.78 Å². The van der Waals surface area contributed by atoms with Crippen LogP contribution >= 0.6 is 23.2 Å². The van der Waals surface area contributed by atoms with Gasteiger partial charge >= 0.3 is 6.18 Å². The van der Waals surface area contributed by atoms with E-state index in [2.05, 4.69) is 9.82 Å². The zero-order chi connectivity index (χ0) is 21.4. The number of sulfonamides is 1. The molecule has 1 aromatic heterocycles. The minimum absolute atomic E-state index is 0.0474. The Balaban J connectivity index is 2.26. The molecule has 0 aliphatic heterocycles. The maximum absolute atomic E-state index is 13.9. The van der Waals surface area contributed by atoms with Crippen molar-refractivity contribution in [3.05, 3.63) is 64.3 Å². The molecule has 0 unspecified atom stereocenters. The monoisotopic (exact) mass is 463 g/mol. The number of hydrogen-bond acceptors (Lipinski definition) is 3. The van der Waals surface area contributed by atoms with Crippen molar-refractivity contribution in [2.75, 3.05) is 4.72 Å². The van der Waals surface area contributed by atoms with E-state index >= 15 is 0 Å². The van der Waals surface area contributed by atoms with Crippen molar-refractivity contribution in [2.45, 2.75) is 24.5 Å². The van der Waals surface area contributed by atoms with E-state index in [1.54, 1.807) is 6.07 Å². The molecule has 0 atom stereocenters. The summed E-state index contributed by atoms with van der Waals surface area (Å²) in [5.41, 5.74) is -1.63. The summed E-state index contributed by atoms with van der Waals surface area (Å²) in [6, 6.07) is 11.2. The van der Waals surface area contributed by atoms with Crippen molar-refractivity contribution in [1.29, 1.82) is 0 Å². The van der Waals surface area contributed by atoms with Crippen molar-refractivity contribution in [3.63, 3.8) is 0 Å². The first kappa shape index (κ1) is 21.5. The molecule has 2 aromatic carbocycles. The SMILES string of the molecule is CCn1nc(NS(=O)(=O)c2ccccc2)c(-c2ccc(Cl)cc2Cl)c1C(F)(F)F. The van der Waals surface area contributed by atoms with Gasteiger partial charge in [0.1, 0.15) is 0 Å². The van der Waals surface area contributed by atoms with Crippen LogP contribution in [0.5, 0.6) is 0 Å². The molecule has 0 radical (unpaired) electrons. The normalized spacial score (nSPS) is 12.2. The molecule has 0 aliphatic carbocycles. The fraction of sp³-hybridized carbons (Fsp3) is 0.167. The first-order valence-corrected chi connectivity index (χ1v) is 10.5. The molecule has 0 saturated carbocycles. The summed E-state index contributed by atoms with van der Waals surface area (Å²) in [7, 11) is -4.18. The van der Waals surface area contributed by atoms with Crippen LogP contribution in [0.25, 0.3) is 11.1 Å². The van der Waals surface area contributed by atoms with E-state index in [0.717, 1.165) is 0 Å². The first-order chi connectivity index (χ1) is 13.5. The Morgan fingerprint density at radius 2 is 1.76 bits per heavy atom. The molecule has 0 aliphatic rings. The highest BCUT2D eigenvalue weighted by molar-refractivity contribution is 7.92. The molecule has 1 heterocycles. The van der Waals surface area contributed by atoms with E-state index in [1.165, 1.54) is 49.4 Å². The summed E-state index contributed by atoms with van der Waals surface area (Å²) in [6.45, 7) is 1.32. The maximum atomic E-state index is 13.9. The van der Waals surface area contributed by atoms with Crippen LogP contribution in [-0.2, 0) is 22.7 Å². The molecule has 0 fully saturated rings. The van der Waals surface area contributed by atoms with E-state index in [1.807, 2.05) is 0 Å². The Hall–Kier alpha value is -2.23. The molecule has 3 aromatic rings. The number of nitrogens with one attached hydrogen (secondary N) is 1. The number of benzene rings is 2. The van der Waals surface area contributed by atoms with Gasteiger partial charge in [-0.1, -0.05) is 47.5 Å². The maximum Gasteiger partial charge on any atom is 0.433 e. The molecule has 154 valence electrons. The second-order valence-corrected chi connectivity index (χ2v) is 8.45. The summed E-state index contributed by atoms with van der Waals surface area (Å²) < 4.78 is 69.8. The van der Waals surface area contributed by atoms with Gasteiger partial charge in [-0.2, -0.15) is 18.3 Å². The third kappa shape index (κ3) is 4.36. The topological polar surface area (TPSA) is 64.0 Å². The largest absolute Gasteiger partial charge is 0.433 e. The Bertz CT molecular complexity index is 1150. The molecular formula is C18H14Cl2F3N3O2S. The minimum atomic E-state index is -4.81. The molecule has 11 heteroatoms. The third-order valence-electron chi connectivity index (χ3n) is 4.01. The fourth-order valence-electron chi connectivity index (χ4n) is 2.78. The number of alkyl halides is 3. The highest BCUT2D eigenvalue weighted by Crippen LogP contribution is 2.44. The van der Waals surface area contributed by atoms with Gasteiger partial charge in [0.05, 0.1) is 15.5 Å². The highest BCUT2D eigenvalue weighted by Gasteiger charge is 2.41. The van der Waals surface area contributed by atoms with Gasteiger partial charge in [0.2, 0.25) is 0 Å². The quantitative estimate of drug-likeness (QED) is 0.527. The Morgan fingerprint density at radius 1 is 1.10 bits per heavy atom. The number of aryl methyl sites for hydroxylation is 1. The summed E-state index contributed by atoms with van der Waals surface area (Å²) in [4.78, 5) is -0.118. The number of anilines is 1. The molecule has 1 N–H and O–H groups in total. The summed E-state index contributed by atoms with van der Waals surface area (Å²) in [5.74, 6) is -0.479. The number of aromatic nitrogens is 2. The Labute approximate surface area is 175 Å². The molecule has 0 amide bonds. The van der Waals surface area contributed by atoms with E-state index in [0.29, 0.717) is 4.68 Å². The van der Waals surface area contributed by atoms with Gasteiger partial charge in [-0.05, 0) is 31.2 Å². The van der Waals surface area contributed by atoms with Crippen molar-refractivity contribution in [2.24, 2.45) is 0 Å². The predicted molar refractivity (Wildman–Crippen MR) is 106 cm³/mol. The van der Waals surface area contributed by atoms with E-state index in [-0.39, 0.29) is 27.0 Å². The van der Waals surface area contributed by atoms with Crippen molar-refractivity contribution in [3.8, 4) is 11.1 Å².